The van der Waals surface area contributed by atoms with Crippen molar-refractivity contribution in [1.82, 2.24) is 0 Å². The first-order valence-electron chi connectivity index (χ1n) is 16.6. The van der Waals surface area contributed by atoms with Crippen molar-refractivity contribution in [1.29, 1.82) is 0 Å². The number of nitrogens with zero attached hydrogens (tertiary/aromatic N) is 1. The van der Waals surface area contributed by atoms with Crippen molar-refractivity contribution < 1.29 is 0 Å². The number of benzene rings is 5. The van der Waals surface area contributed by atoms with Crippen molar-refractivity contribution in [2.24, 2.45) is 0 Å². The summed E-state index contributed by atoms with van der Waals surface area (Å²) in [5.41, 5.74) is 21.0. The van der Waals surface area contributed by atoms with Crippen LogP contribution in [-0.4, -0.2) is 0 Å². The second-order valence-electron chi connectivity index (χ2n) is 15.5. The summed E-state index contributed by atoms with van der Waals surface area (Å²) in [6.07, 6.45) is 4.77. The lowest BCUT2D eigenvalue weighted by Gasteiger charge is -2.37. The van der Waals surface area contributed by atoms with E-state index in [4.69, 9.17) is 6.58 Å². The van der Waals surface area contributed by atoms with Crippen molar-refractivity contribution >= 4 is 22.6 Å². The molecule has 0 bridgehead atoms. The summed E-state index contributed by atoms with van der Waals surface area (Å²) in [7, 11) is 0. The molecular formula is C44H43N. The first-order chi connectivity index (χ1) is 21.4. The summed E-state index contributed by atoms with van der Waals surface area (Å²) in [5.74, 6) is 0. The monoisotopic (exact) mass is 585 g/mol. The summed E-state index contributed by atoms with van der Waals surface area (Å²) in [6, 6.07) is 35.4. The van der Waals surface area contributed by atoms with Crippen molar-refractivity contribution in [3.63, 3.8) is 0 Å². The second kappa shape index (κ2) is 9.82. The number of hydrogen-bond donors (Lipinski definition) is 0. The third-order valence-electron chi connectivity index (χ3n) is 10.4. The molecule has 0 spiro atoms. The first-order valence-corrected chi connectivity index (χ1v) is 16.6. The third-order valence-corrected chi connectivity index (χ3v) is 10.4. The molecule has 0 N–H and O–H groups in total. The molecule has 1 nitrogen and oxygen atoms in total. The summed E-state index contributed by atoms with van der Waals surface area (Å²) in [6.45, 7) is 18.5. The number of anilines is 3. The minimum atomic E-state index is 0.0461. The van der Waals surface area contributed by atoms with E-state index in [2.05, 4.69) is 137 Å². The van der Waals surface area contributed by atoms with Crippen LogP contribution in [0, 0.1) is 0 Å². The van der Waals surface area contributed by atoms with Crippen LogP contribution in [0.1, 0.15) is 86.1 Å². The molecule has 0 saturated carbocycles. The normalized spacial score (nSPS) is 15.0. The van der Waals surface area contributed by atoms with E-state index >= 15 is 0 Å². The smallest absolute Gasteiger partial charge is 0.0540 e. The maximum absolute atomic E-state index is 4.72. The topological polar surface area (TPSA) is 3.24 Å². The van der Waals surface area contributed by atoms with E-state index in [1.54, 1.807) is 0 Å². The lowest BCUT2D eigenvalue weighted by Crippen LogP contribution is -2.21. The summed E-state index contributed by atoms with van der Waals surface area (Å²) < 4.78 is 0. The molecule has 0 aromatic heterocycles. The molecule has 8 rings (SSSR count). The van der Waals surface area contributed by atoms with Gasteiger partial charge in [0.25, 0.3) is 0 Å². The van der Waals surface area contributed by atoms with Gasteiger partial charge in [-0.1, -0.05) is 96.7 Å². The van der Waals surface area contributed by atoms with E-state index < -0.39 is 0 Å². The minimum absolute atomic E-state index is 0.0461. The summed E-state index contributed by atoms with van der Waals surface area (Å²) in [4.78, 5) is 2.49. The largest absolute Gasteiger partial charge is 0.309 e. The molecule has 5 aromatic rings. The molecule has 224 valence electrons. The van der Waals surface area contributed by atoms with Crippen molar-refractivity contribution in [3.05, 3.63) is 142 Å². The Hall–Kier alpha value is -4.36. The minimum Gasteiger partial charge on any atom is -0.309 e. The van der Waals surface area contributed by atoms with Crippen LogP contribution < -0.4 is 4.90 Å². The van der Waals surface area contributed by atoms with Crippen LogP contribution in [0.5, 0.6) is 0 Å². The van der Waals surface area contributed by atoms with Crippen molar-refractivity contribution in [3.8, 4) is 22.3 Å². The first kappa shape index (κ1) is 28.1. The zero-order chi connectivity index (χ0) is 31.2. The van der Waals surface area contributed by atoms with Gasteiger partial charge in [0.15, 0.2) is 0 Å². The zero-order valence-corrected chi connectivity index (χ0v) is 27.6. The average molecular weight is 586 g/mol. The van der Waals surface area contributed by atoms with Gasteiger partial charge in [-0.3, -0.25) is 0 Å². The van der Waals surface area contributed by atoms with Crippen LogP contribution in [0.25, 0.3) is 27.8 Å². The highest BCUT2D eigenvalue weighted by Gasteiger charge is 2.30. The molecule has 0 fully saturated rings. The Morgan fingerprint density at radius 3 is 1.29 bits per heavy atom. The summed E-state index contributed by atoms with van der Waals surface area (Å²) in [5, 5.41) is 0. The quantitative estimate of drug-likeness (QED) is 0.200. The number of hydrogen-bond acceptors (Lipinski definition) is 1. The lowest BCUT2D eigenvalue weighted by molar-refractivity contribution is 0.590. The number of rotatable bonds is 3. The molecular weight excluding hydrogens is 542 g/mol. The molecule has 5 aromatic carbocycles. The predicted octanol–water partition coefficient (Wildman–Crippen LogP) is 11.7. The van der Waals surface area contributed by atoms with Gasteiger partial charge in [-0.05, 0) is 140 Å². The highest BCUT2D eigenvalue weighted by molar-refractivity contribution is 6.01. The van der Waals surface area contributed by atoms with Crippen LogP contribution in [-0.2, 0) is 36.5 Å². The van der Waals surface area contributed by atoms with Crippen LogP contribution in [0.4, 0.5) is 17.1 Å². The molecule has 0 saturated heterocycles. The van der Waals surface area contributed by atoms with Crippen LogP contribution in [0.2, 0.25) is 0 Å². The van der Waals surface area contributed by atoms with Gasteiger partial charge >= 0.3 is 0 Å². The fourth-order valence-corrected chi connectivity index (χ4v) is 7.25. The van der Waals surface area contributed by atoms with E-state index in [1.165, 1.54) is 110 Å². The van der Waals surface area contributed by atoms with Gasteiger partial charge < -0.3 is 4.90 Å². The summed E-state index contributed by atoms with van der Waals surface area (Å²) >= 11 is 0. The molecule has 2 aliphatic carbocycles. The van der Waals surface area contributed by atoms with Gasteiger partial charge in [0.1, 0.15) is 0 Å². The molecule has 0 unspecified atom stereocenters. The Bertz CT molecular complexity index is 1900. The van der Waals surface area contributed by atoms with Gasteiger partial charge in [0.05, 0.1) is 11.4 Å². The Labute approximate surface area is 269 Å². The van der Waals surface area contributed by atoms with Crippen molar-refractivity contribution in [2.45, 2.75) is 78.1 Å². The van der Waals surface area contributed by atoms with E-state index in [0.29, 0.717) is 0 Å². The molecule has 3 aliphatic rings. The lowest BCUT2D eigenvalue weighted by atomic mass is 9.80. The Kier molecular flexibility index (Phi) is 6.14. The molecule has 0 amide bonds. The molecule has 1 aliphatic heterocycles. The maximum Gasteiger partial charge on any atom is 0.0540 e. The predicted molar refractivity (Wildman–Crippen MR) is 192 cm³/mol. The van der Waals surface area contributed by atoms with Crippen molar-refractivity contribution in [2.75, 3.05) is 4.90 Å². The fraction of sp³-hybridized carbons (Fsp3) is 0.273. The highest BCUT2D eigenvalue weighted by Crippen LogP contribution is 2.51. The average Bonchev–Trinajstić information content (AvgIpc) is 2.97. The van der Waals surface area contributed by atoms with Crippen LogP contribution in [0.15, 0.2) is 97.6 Å². The maximum atomic E-state index is 4.72. The Morgan fingerprint density at radius 1 is 0.467 bits per heavy atom. The van der Waals surface area contributed by atoms with E-state index in [-0.39, 0.29) is 10.8 Å². The van der Waals surface area contributed by atoms with Gasteiger partial charge in [0.2, 0.25) is 0 Å². The van der Waals surface area contributed by atoms with Gasteiger partial charge in [-0.25, -0.2) is 0 Å². The molecule has 0 radical (unpaired) electrons. The molecule has 45 heavy (non-hydrogen) atoms. The molecule has 1 heteroatoms. The SMILES string of the molecule is C=C1c2cc(C(C)(C)C)ccc2N(c2cc(-c3ccc4c(c3)CC4)cc(-c3ccc4c(c3)CC4)c2)c2ccc(C(C)(C)C)cc21. The van der Waals surface area contributed by atoms with Crippen LogP contribution >= 0.6 is 0 Å². The standard InChI is InChI=1S/C44H43N/c1-27-39-25-36(43(2,3)4)16-18-41(39)45(42-19-17-37(26-40(27)42)44(5,6)7)38-23-34(32-14-10-28-8-12-30(28)20-32)22-35(24-38)33-15-11-29-9-13-31(29)21-33/h10-11,14-26H,1,8-9,12-13H2,2-7H3. The molecule has 1 heterocycles. The van der Waals surface area contributed by atoms with E-state index in [1.807, 2.05) is 0 Å². The van der Waals surface area contributed by atoms with E-state index in [9.17, 15) is 0 Å². The van der Waals surface area contributed by atoms with Gasteiger partial charge in [0, 0.05) is 16.8 Å². The van der Waals surface area contributed by atoms with Gasteiger partial charge in [-0.15, -0.1) is 0 Å². The Morgan fingerprint density at radius 2 is 0.911 bits per heavy atom. The third kappa shape index (κ3) is 4.67. The molecule has 0 atom stereocenters. The number of aryl methyl sites for hydroxylation is 4. The van der Waals surface area contributed by atoms with E-state index in [0.717, 1.165) is 5.57 Å². The fourth-order valence-electron chi connectivity index (χ4n) is 7.25. The van der Waals surface area contributed by atoms with Crippen LogP contribution in [0.3, 0.4) is 0 Å². The highest BCUT2D eigenvalue weighted by atomic mass is 15.2. The number of fused-ring (bicyclic) bond motifs is 4. The zero-order valence-electron chi connectivity index (χ0n) is 27.6. The second-order valence-corrected chi connectivity index (χ2v) is 15.5. The Balaban J connectivity index is 1.38. The van der Waals surface area contributed by atoms with Gasteiger partial charge in [-0.2, -0.15) is 0 Å².